The summed E-state index contributed by atoms with van der Waals surface area (Å²) >= 11 is 6.20. The van der Waals surface area contributed by atoms with Crippen molar-refractivity contribution in [3.8, 4) is 0 Å². The molecule has 24 heavy (non-hydrogen) atoms. The van der Waals surface area contributed by atoms with Crippen molar-refractivity contribution in [2.24, 2.45) is 5.92 Å². The van der Waals surface area contributed by atoms with Gasteiger partial charge in [-0.15, -0.1) is 0 Å². The molecular weight excluding hydrogens is 324 g/mol. The number of pyridine rings is 1. The average molecular weight is 345 g/mol. The number of rotatable bonds is 4. The van der Waals surface area contributed by atoms with E-state index in [-0.39, 0.29) is 12.0 Å². The Morgan fingerprint density at radius 3 is 2.67 bits per heavy atom. The quantitative estimate of drug-likeness (QED) is 0.913. The average Bonchev–Trinajstić information content (AvgIpc) is 2.57. The van der Waals surface area contributed by atoms with E-state index in [1.54, 1.807) is 0 Å². The van der Waals surface area contributed by atoms with Gasteiger partial charge in [0.05, 0.1) is 17.7 Å². The lowest BCUT2D eigenvalue weighted by Crippen LogP contribution is -2.39. The summed E-state index contributed by atoms with van der Waals surface area (Å²) in [4.78, 5) is 18.2. The number of aliphatic carboxylic acids is 1. The molecule has 1 N–H and O–H groups in total. The lowest BCUT2D eigenvalue weighted by Gasteiger charge is -2.37. The van der Waals surface area contributed by atoms with Crippen molar-refractivity contribution in [1.82, 2.24) is 9.88 Å². The summed E-state index contributed by atoms with van der Waals surface area (Å²) in [5, 5.41) is 9.93. The van der Waals surface area contributed by atoms with Crippen LogP contribution in [-0.2, 0) is 4.79 Å². The van der Waals surface area contributed by atoms with Gasteiger partial charge >= 0.3 is 5.97 Å². The van der Waals surface area contributed by atoms with Gasteiger partial charge in [0, 0.05) is 11.2 Å². The molecule has 0 bridgehead atoms. The summed E-state index contributed by atoms with van der Waals surface area (Å²) in [6.07, 6.45) is 3.14. The molecule has 1 aromatic carbocycles. The van der Waals surface area contributed by atoms with Gasteiger partial charge in [-0.2, -0.15) is 0 Å². The molecule has 5 heteroatoms. The van der Waals surface area contributed by atoms with Gasteiger partial charge in [-0.3, -0.25) is 14.7 Å². The molecule has 0 radical (unpaired) electrons. The molecule has 1 aliphatic rings. The largest absolute Gasteiger partial charge is 0.481 e. The van der Waals surface area contributed by atoms with Crippen molar-refractivity contribution in [2.45, 2.75) is 25.8 Å². The molecule has 1 aliphatic heterocycles. The smallest absolute Gasteiger partial charge is 0.306 e. The van der Waals surface area contributed by atoms with E-state index in [9.17, 15) is 9.90 Å². The third-order valence-corrected chi connectivity index (χ3v) is 4.95. The first-order valence-corrected chi connectivity index (χ1v) is 8.58. The van der Waals surface area contributed by atoms with E-state index in [1.807, 2.05) is 30.5 Å². The van der Waals surface area contributed by atoms with Crippen molar-refractivity contribution < 1.29 is 9.90 Å². The van der Waals surface area contributed by atoms with Crippen LogP contribution in [0, 0.1) is 12.8 Å². The van der Waals surface area contributed by atoms with Crippen molar-refractivity contribution in [3.05, 3.63) is 64.4 Å². The van der Waals surface area contributed by atoms with E-state index in [4.69, 9.17) is 11.6 Å². The maximum absolute atomic E-state index is 11.2. The first kappa shape index (κ1) is 16.9. The maximum atomic E-state index is 11.2. The van der Waals surface area contributed by atoms with Gasteiger partial charge in [-0.25, -0.2) is 0 Å². The number of likely N-dealkylation sites (tertiary alicyclic amines) is 1. The van der Waals surface area contributed by atoms with E-state index >= 15 is 0 Å². The zero-order valence-corrected chi connectivity index (χ0v) is 14.4. The minimum absolute atomic E-state index is 0.000329. The Bertz CT molecular complexity index is 727. The molecule has 2 aromatic rings. The monoisotopic (exact) mass is 344 g/mol. The molecule has 0 saturated carbocycles. The lowest BCUT2D eigenvalue weighted by molar-refractivity contribution is -0.143. The number of hydrogen-bond acceptors (Lipinski definition) is 3. The first-order chi connectivity index (χ1) is 11.6. The second-order valence-corrected chi connectivity index (χ2v) is 6.75. The molecule has 1 unspecified atom stereocenters. The van der Waals surface area contributed by atoms with E-state index in [0.717, 1.165) is 29.9 Å². The number of hydrogen-bond donors (Lipinski definition) is 1. The number of carbonyl (C=O) groups is 1. The van der Waals surface area contributed by atoms with Gasteiger partial charge in [0.1, 0.15) is 0 Å². The summed E-state index contributed by atoms with van der Waals surface area (Å²) in [5.41, 5.74) is 3.23. The van der Waals surface area contributed by atoms with Crippen LogP contribution in [0.4, 0.5) is 0 Å². The van der Waals surface area contributed by atoms with Gasteiger partial charge < -0.3 is 5.11 Å². The molecule has 1 fully saturated rings. The molecule has 3 rings (SSSR count). The highest BCUT2D eigenvalue weighted by Crippen LogP contribution is 2.33. The van der Waals surface area contributed by atoms with Crippen LogP contribution in [0.2, 0.25) is 5.02 Å². The summed E-state index contributed by atoms with van der Waals surface area (Å²) in [5.74, 6) is -0.936. The molecule has 1 aromatic heterocycles. The molecule has 4 nitrogen and oxygen atoms in total. The number of nitrogens with zero attached hydrogens (tertiary/aromatic N) is 2. The molecule has 2 heterocycles. The molecular formula is C19H21ClN2O2. The molecule has 0 amide bonds. The van der Waals surface area contributed by atoms with Crippen molar-refractivity contribution in [1.29, 1.82) is 0 Å². The highest BCUT2D eigenvalue weighted by atomic mass is 35.5. The van der Waals surface area contributed by atoms with Gasteiger partial charge in [-0.05, 0) is 62.2 Å². The van der Waals surface area contributed by atoms with Crippen LogP contribution in [0.5, 0.6) is 0 Å². The third kappa shape index (κ3) is 3.60. The van der Waals surface area contributed by atoms with Crippen LogP contribution in [-0.4, -0.2) is 34.0 Å². The predicted octanol–water partition coefficient (Wildman–Crippen LogP) is 3.93. The maximum Gasteiger partial charge on any atom is 0.306 e. The Balaban J connectivity index is 1.95. The minimum atomic E-state index is -0.692. The summed E-state index contributed by atoms with van der Waals surface area (Å²) in [6.45, 7) is 3.54. The fourth-order valence-electron chi connectivity index (χ4n) is 3.41. The van der Waals surface area contributed by atoms with Gasteiger partial charge in [0.2, 0.25) is 0 Å². The lowest BCUT2D eigenvalue weighted by atomic mass is 9.92. The highest BCUT2D eigenvalue weighted by molar-refractivity contribution is 6.30. The fourth-order valence-corrected chi connectivity index (χ4v) is 3.61. The Morgan fingerprint density at radius 1 is 1.29 bits per heavy atom. The van der Waals surface area contributed by atoms with Gasteiger partial charge in [-0.1, -0.05) is 29.8 Å². The predicted molar refractivity (Wildman–Crippen MR) is 94.2 cm³/mol. The Kier molecular flexibility index (Phi) is 5.17. The zero-order valence-electron chi connectivity index (χ0n) is 13.7. The standard InChI is InChI=1S/C19H21ClN2O2/c1-13-4-3-9-21-17(13)18(15-5-2-6-16(20)12-15)22-10-7-14(8-11-22)19(23)24/h2-6,9,12,14,18H,7-8,10-11H2,1H3,(H,23,24). The fraction of sp³-hybridized carbons (Fsp3) is 0.368. The SMILES string of the molecule is Cc1cccnc1C(c1cccc(Cl)c1)N1CCC(C(=O)O)CC1. The molecule has 126 valence electrons. The van der Waals surface area contributed by atoms with Crippen LogP contribution in [0.1, 0.15) is 35.7 Å². The van der Waals surface area contributed by atoms with E-state index in [2.05, 4.69) is 28.9 Å². The van der Waals surface area contributed by atoms with Crippen LogP contribution in [0.15, 0.2) is 42.6 Å². The molecule has 1 atom stereocenters. The van der Waals surface area contributed by atoms with Crippen LogP contribution < -0.4 is 0 Å². The topological polar surface area (TPSA) is 53.4 Å². The summed E-state index contributed by atoms with van der Waals surface area (Å²) in [6, 6.07) is 11.8. The van der Waals surface area contributed by atoms with E-state index < -0.39 is 5.97 Å². The Morgan fingerprint density at radius 2 is 2.04 bits per heavy atom. The normalized spacial score (nSPS) is 17.6. The van der Waals surface area contributed by atoms with Crippen LogP contribution in [0.3, 0.4) is 0 Å². The number of carboxylic acid groups (broad SMARTS) is 1. The number of halogens is 1. The second kappa shape index (κ2) is 7.32. The van der Waals surface area contributed by atoms with E-state index in [1.165, 1.54) is 0 Å². The number of piperidine rings is 1. The Hall–Kier alpha value is -1.91. The summed E-state index contributed by atoms with van der Waals surface area (Å²) < 4.78 is 0. The van der Waals surface area contributed by atoms with Crippen molar-refractivity contribution in [3.63, 3.8) is 0 Å². The number of aromatic nitrogens is 1. The van der Waals surface area contributed by atoms with Crippen LogP contribution in [0.25, 0.3) is 0 Å². The number of aryl methyl sites for hydroxylation is 1. The molecule has 1 saturated heterocycles. The third-order valence-electron chi connectivity index (χ3n) is 4.72. The first-order valence-electron chi connectivity index (χ1n) is 8.20. The molecule has 0 spiro atoms. The second-order valence-electron chi connectivity index (χ2n) is 6.31. The van der Waals surface area contributed by atoms with Gasteiger partial charge in [0.25, 0.3) is 0 Å². The van der Waals surface area contributed by atoms with E-state index in [0.29, 0.717) is 17.9 Å². The minimum Gasteiger partial charge on any atom is -0.481 e. The number of benzene rings is 1. The number of carboxylic acids is 1. The van der Waals surface area contributed by atoms with Crippen molar-refractivity contribution >= 4 is 17.6 Å². The molecule has 0 aliphatic carbocycles. The van der Waals surface area contributed by atoms with Gasteiger partial charge in [0.15, 0.2) is 0 Å². The Labute approximate surface area is 147 Å². The zero-order chi connectivity index (χ0) is 17.1. The summed E-state index contributed by atoms with van der Waals surface area (Å²) in [7, 11) is 0. The van der Waals surface area contributed by atoms with Crippen LogP contribution >= 0.6 is 11.6 Å². The van der Waals surface area contributed by atoms with Crippen molar-refractivity contribution in [2.75, 3.05) is 13.1 Å². The highest BCUT2D eigenvalue weighted by Gasteiger charge is 2.31.